The summed E-state index contributed by atoms with van der Waals surface area (Å²) in [6.07, 6.45) is -3.06. The van der Waals surface area contributed by atoms with Crippen molar-refractivity contribution in [1.82, 2.24) is 20.0 Å². The number of carbonyl (C=O) groups is 1. The molecule has 2 heterocycles. The van der Waals surface area contributed by atoms with Crippen LogP contribution >= 0.6 is 0 Å². The number of nitrogens with one attached hydrogen (secondary N) is 1. The molecule has 0 bridgehead atoms. The van der Waals surface area contributed by atoms with Crippen LogP contribution in [0.5, 0.6) is 11.5 Å². The Bertz CT molecular complexity index is 1280. The van der Waals surface area contributed by atoms with E-state index >= 15 is 0 Å². The van der Waals surface area contributed by atoms with Crippen LogP contribution in [0.25, 0.3) is 23.0 Å². The largest absolute Gasteiger partial charge is 0.573 e. The Kier molecular flexibility index (Phi) is 6.76. The number of rotatable bonds is 8. The van der Waals surface area contributed by atoms with Crippen LogP contribution in [-0.4, -0.2) is 34.1 Å². The smallest absolute Gasteiger partial charge is 0.497 e. The maximum absolute atomic E-state index is 12.6. The fourth-order valence-electron chi connectivity index (χ4n) is 3.41. The summed E-state index contributed by atoms with van der Waals surface area (Å²) in [7, 11) is 1.59. The van der Waals surface area contributed by atoms with Crippen molar-refractivity contribution in [1.29, 1.82) is 0 Å². The fraction of sp³-hybridized carbons (Fsp3) is 0.208. The van der Waals surface area contributed by atoms with Gasteiger partial charge in [0.05, 0.1) is 13.2 Å². The average molecular weight is 486 g/mol. The van der Waals surface area contributed by atoms with E-state index in [2.05, 4.69) is 20.2 Å². The Labute approximate surface area is 198 Å². The quantitative estimate of drug-likeness (QED) is 0.377. The van der Waals surface area contributed by atoms with Gasteiger partial charge in [-0.25, -0.2) is 0 Å². The molecule has 0 radical (unpaired) electrons. The zero-order chi connectivity index (χ0) is 25.0. The van der Waals surface area contributed by atoms with Crippen LogP contribution < -0.4 is 14.8 Å². The van der Waals surface area contributed by atoms with E-state index in [1.807, 2.05) is 31.2 Å². The minimum absolute atomic E-state index is 0.0179. The Morgan fingerprint density at radius 1 is 1.09 bits per heavy atom. The van der Waals surface area contributed by atoms with Crippen molar-refractivity contribution in [3.63, 3.8) is 0 Å². The molecule has 182 valence electrons. The number of aromatic nitrogens is 3. The summed E-state index contributed by atoms with van der Waals surface area (Å²) in [5.41, 5.74) is 1.90. The van der Waals surface area contributed by atoms with Crippen molar-refractivity contribution in [3.8, 4) is 34.5 Å². The summed E-state index contributed by atoms with van der Waals surface area (Å²) in [5, 5.41) is 6.84. The van der Waals surface area contributed by atoms with Gasteiger partial charge in [0.25, 0.3) is 5.89 Å². The Morgan fingerprint density at radius 2 is 1.77 bits per heavy atom. The van der Waals surface area contributed by atoms with Gasteiger partial charge in [0.2, 0.25) is 11.7 Å². The van der Waals surface area contributed by atoms with Gasteiger partial charge in [-0.2, -0.15) is 4.98 Å². The minimum atomic E-state index is -4.77. The van der Waals surface area contributed by atoms with Gasteiger partial charge in [0.1, 0.15) is 23.7 Å². The molecule has 1 amide bonds. The minimum Gasteiger partial charge on any atom is -0.497 e. The SMILES string of the molecule is COc1ccc([C@H](C)NC(=O)Cn2cccc2-c2nc(-c3ccc(OC(F)(F)F)cc3)no2)cc1. The first-order valence-electron chi connectivity index (χ1n) is 10.5. The van der Waals surface area contributed by atoms with Crippen LogP contribution in [0.1, 0.15) is 18.5 Å². The molecule has 35 heavy (non-hydrogen) atoms. The first-order valence-corrected chi connectivity index (χ1v) is 10.5. The maximum atomic E-state index is 12.6. The third kappa shape index (κ3) is 5.99. The molecule has 0 spiro atoms. The fourth-order valence-corrected chi connectivity index (χ4v) is 3.41. The third-order valence-corrected chi connectivity index (χ3v) is 5.13. The second-order valence-electron chi connectivity index (χ2n) is 7.58. The van der Waals surface area contributed by atoms with Gasteiger partial charge in [0.15, 0.2) is 0 Å². The van der Waals surface area contributed by atoms with Gasteiger partial charge >= 0.3 is 6.36 Å². The van der Waals surface area contributed by atoms with E-state index in [0.29, 0.717) is 11.3 Å². The van der Waals surface area contributed by atoms with Gasteiger partial charge in [-0.05, 0) is 61.0 Å². The number of benzene rings is 2. The van der Waals surface area contributed by atoms with Crippen LogP contribution in [-0.2, 0) is 11.3 Å². The van der Waals surface area contributed by atoms with E-state index in [1.54, 1.807) is 30.0 Å². The Balaban J connectivity index is 1.42. The highest BCUT2D eigenvalue weighted by Crippen LogP contribution is 2.27. The van der Waals surface area contributed by atoms with Gasteiger partial charge in [-0.15, -0.1) is 13.2 Å². The van der Waals surface area contributed by atoms with E-state index in [0.717, 1.165) is 23.4 Å². The zero-order valence-electron chi connectivity index (χ0n) is 18.7. The van der Waals surface area contributed by atoms with Crippen LogP contribution in [0.4, 0.5) is 13.2 Å². The highest BCUT2D eigenvalue weighted by molar-refractivity contribution is 5.77. The summed E-state index contributed by atoms with van der Waals surface area (Å²) in [5.74, 6) is 0.508. The van der Waals surface area contributed by atoms with Gasteiger partial charge in [0, 0.05) is 11.8 Å². The molecule has 0 saturated carbocycles. The number of ether oxygens (including phenoxy) is 2. The summed E-state index contributed by atoms with van der Waals surface area (Å²) in [6, 6.07) is 15.8. The van der Waals surface area contributed by atoms with Crippen molar-refractivity contribution in [2.24, 2.45) is 0 Å². The standard InChI is InChI=1S/C24H21F3N4O4/c1-15(16-5-9-18(33-2)10-6-16)28-21(32)14-31-13-3-4-20(31)23-29-22(30-35-23)17-7-11-19(12-8-17)34-24(25,26)27/h3-13,15H,14H2,1-2H3,(H,28,32)/t15-/m0/s1. The topological polar surface area (TPSA) is 91.4 Å². The second kappa shape index (κ2) is 9.92. The predicted octanol–water partition coefficient (Wildman–Crippen LogP) is 4.99. The number of alkyl halides is 3. The molecular formula is C24H21F3N4O4. The van der Waals surface area contributed by atoms with Crippen molar-refractivity contribution < 1.29 is 32.0 Å². The molecule has 1 atom stereocenters. The van der Waals surface area contributed by atoms with Crippen molar-refractivity contribution in [3.05, 3.63) is 72.4 Å². The summed E-state index contributed by atoms with van der Waals surface area (Å²) in [6.45, 7) is 1.90. The van der Waals surface area contributed by atoms with E-state index in [-0.39, 0.29) is 36.0 Å². The molecule has 11 heteroatoms. The summed E-state index contributed by atoms with van der Waals surface area (Å²) < 4.78 is 53.0. The number of hydrogen-bond acceptors (Lipinski definition) is 6. The molecule has 0 aliphatic rings. The first-order chi connectivity index (χ1) is 16.7. The molecule has 2 aromatic heterocycles. The van der Waals surface area contributed by atoms with Gasteiger partial charge in [-0.1, -0.05) is 17.3 Å². The molecular weight excluding hydrogens is 465 g/mol. The lowest BCUT2D eigenvalue weighted by Crippen LogP contribution is -2.30. The van der Waals surface area contributed by atoms with Crippen LogP contribution in [0, 0.1) is 0 Å². The van der Waals surface area contributed by atoms with Crippen molar-refractivity contribution in [2.45, 2.75) is 25.9 Å². The van der Waals surface area contributed by atoms with Crippen LogP contribution in [0.2, 0.25) is 0 Å². The normalized spacial score (nSPS) is 12.3. The van der Waals surface area contributed by atoms with Crippen LogP contribution in [0.15, 0.2) is 71.4 Å². The lowest BCUT2D eigenvalue weighted by atomic mass is 10.1. The second-order valence-corrected chi connectivity index (χ2v) is 7.58. The van der Waals surface area contributed by atoms with Crippen LogP contribution in [0.3, 0.4) is 0 Å². The molecule has 8 nitrogen and oxygen atoms in total. The van der Waals surface area contributed by atoms with E-state index in [4.69, 9.17) is 9.26 Å². The highest BCUT2D eigenvalue weighted by atomic mass is 19.4. The molecule has 4 rings (SSSR count). The molecule has 0 aliphatic heterocycles. The lowest BCUT2D eigenvalue weighted by Gasteiger charge is -2.15. The monoisotopic (exact) mass is 486 g/mol. The molecule has 4 aromatic rings. The number of amides is 1. The third-order valence-electron chi connectivity index (χ3n) is 5.13. The molecule has 0 saturated heterocycles. The number of carbonyl (C=O) groups excluding carboxylic acids is 1. The molecule has 2 aromatic carbocycles. The highest BCUT2D eigenvalue weighted by Gasteiger charge is 2.31. The predicted molar refractivity (Wildman–Crippen MR) is 119 cm³/mol. The van der Waals surface area contributed by atoms with Crippen molar-refractivity contribution in [2.75, 3.05) is 7.11 Å². The van der Waals surface area contributed by atoms with E-state index in [9.17, 15) is 18.0 Å². The first kappa shape index (κ1) is 23.9. The van der Waals surface area contributed by atoms with E-state index in [1.165, 1.54) is 12.1 Å². The van der Waals surface area contributed by atoms with Crippen molar-refractivity contribution >= 4 is 5.91 Å². The Morgan fingerprint density at radius 3 is 2.43 bits per heavy atom. The van der Waals surface area contributed by atoms with Gasteiger partial charge < -0.3 is 23.9 Å². The maximum Gasteiger partial charge on any atom is 0.573 e. The summed E-state index contributed by atoms with van der Waals surface area (Å²) in [4.78, 5) is 17.0. The van der Waals surface area contributed by atoms with E-state index < -0.39 is 6.36 Å². The molecule has 0 fully saturated rings. The number of nitrogens with zero attached hydrogens (tertiary/aromatic N) is 3. The lowest BCUT2D eigenvalue weighted by molar-refractivity contribution is -0.274. The molecule has 0 aliphatic carbocycles. The number of methoxy groups -OCH3 is 1. The number of halogens is 3. The van der Waals surface area contributed by atoms with Gasteiger partial charge in [-0.3, -0.25) is 4.79 Å². The number of hydrogen-bond donors (Lipinski definition) is 1. The molecule has 1 N–H and O–H groups in total. The molecule has 0 unspecified atom stereocenters. The zero-order valence-corrected chi connectivity index (χ0v) is 18.7. The summed E-state index contributed by atoms with van der Waals surface area (Å²) >= 11 is 0. The Hall–Kier alpha value is -4.28. The average Bonchev–Trinajstić information content (AvgIpc) is 3.48.